The fourth-order valence-corrected chi connectivity index (χ4v) is 6.42. The topological polar surface area (TPSA) is 127 Å². The Balaban J connectivity index is 1.53. The summed E-state index contributed by atoms with van der Waals surface area (Å²) in [4.78, 5) is 12.5. The van der Waals surface area contributed by atoms with Gasteiger partial charge in [0.05, 0.1) is 10.8 Å². The minimum absolute atomic E-state index is 0.0412. The standard InChI is InChI=1S/C18H23N3O5S3/c19-28(23,24)16-7-5-14(6-8-16)9-10-20-18(22)15-3-1-11-21(13-15)29(25,26)17-4-2-12-27-17/h2,4-8,12,15H,1,3,9-11,13H2,(H,20,22)(H2,19,23,24)/t15-/m1/s1. The van der Waals surface area contributed by atoms with Gasteiger partial charge in [-0.05, 0) is 48.4 Å². The molecule has 0 radical (unpaired) electrons. The molecule has 1 aliphatic rings. The Hall–Kier alpha value is -1.79. The smallest absolute Gasteiger partial charge is 0.252 e. The van der Waals surface area contributed by atoms with Crippen LogP contribution in [0.1, 0.15) is 18.4 Å². The number of hydrogen-bond acceptors (Lipinski definition) is 6. The van der Waals surface area contributed by atoms with Crippen molar-refractivity contribution in [3.05, 3.63) is 47.3 Å². The molecule has 3 rings (SSSR count). The Morgan fingerprint density at radius 2 is 1.90 bits per heavy atom. The van der Waals surface area contributed by atoms with Crippen LogP contribution in [0.15, 0.2) is 50.9 Å². The molecule has 2 heterocycles. The van der Waals surface area contributed by atoms with Crippen LogP contribution in [0.2, 0.25) is 0 Å². The van der Waals surface area contributed by atoms with Gasteiger partial charge in [0.25, 0.3) is 10.0 Å². The van der Waals surface area contributed by atoms with Crippen LogP contribution in [0.4, 0.5) is 0 Å². The molecule has 0 saturated carbocycles. The Morgan fingerprint density at radius 1 is 1.17 bits per heavy atom. The molecule has 0 bridgehead atoms. The number of carbonyl (C=O) groups is 1. The number of rotatable bonds is 7. The van der Waals surface area contributed by atoms with Gasteiger partial charge in [-0.25, -0.2) is 22.0 Å². The van der Waals surface area contributed by atoms with Crippen molar-refractivity contribution in [2.75, 3.05) is 19.6 Å². The molecule has 11 heteroatoms. The Morgan fingerprint density at radius 3 is 2.52 bits per heavy atom. The zero-order valence-corrected chi connectivity index (χ0v) is 18.1. The van der Waals surface area contributed by atoms with E-state index in [0.29, 0.717) is 36.6 Å². The third kappa shape index (κ3) is 5.43. The van der Waals surface area contributed by atoms with Crippen molar-refractivity contribution in [1.29, 1.82) is 0 Å². The molecule has 158 valence electrons. The SMILES string of the molecule is NS(=O)(=O)c1ccc(CCNC(=O)[C@@H]2CCCN(S(=O)(=O)c3cccs3)C2)cc1. The van der Waals surface area contributed by atoms with Crippen LogP contribution in [0, 0.1) is 5.92 Å². The summed E-state index contributed by atoms with van der Waals surface area (Å²) < 4.78 is 49.6. The zero-order chi connectivity index (χ0) is 21.1. The van der Waals surface area contributed by atoms with Gasteiger partial charge >= 0.3 is 0 Å². The maximum absolute atomic E-state index is 12.7. The van der Waals surface area contributed by atoms with Crippen LogP contribution in [-0.2, 0) is 31.3 Å². The molecule has 29 heavy (non-hydrogen) atoms. The van der Waals surface area contributed by atoms with Crippen molar-refractivity contribution in [2.45, 2.75) is 28.4 Å². The van der Waals surface area contributed by atoms with Gasteiger partial charge in [0.15, 0.2) is 0 Å². The summed E-state index contributed by atoms with van der Waals surface area (Å²) in [6.45, 7) is 0.970. The summed E-state index contributed by atoms with van der Waals surface area (Å²) in [5.41, 5.74) is 0.864. The van der Waals surface area contributed by atoms with Gasteiger partial charge in [-0.3, -0.25) is 4.79 Å². The van der Waals surface area contributed by atoms with Crippen molar-refractivity contribution in [3.8, 4) is 0 Å². The van der Waals surface area contributed by atoms with E-state index in [9.17, 15) is 21.6 Å². The zero-order valence-electron chi connectivity index (χ0n) is 15.7. The molecule has 8 nitrogen and oxygen atoms in total. The predicted octanol–water partition coefficient (Wildman–Crippen LogP) is 1.16. The summed E-state index contributed by atoms with van der Waals surface area (Å²) >= 11 is 1.17. The van der Waals surface area contributed by atoms with Crippen molar-refractivity contribution in [2.24, 2.45) is 11.1 Å². The van der Waals surface area contributed by atoms with E-state index in [4.69, 9.17) is 5.14 Å². The van der Waals surface area contributed by atoms with E-state index in [1.807, 2.05) is 0 Å². The number of amides is 1. The molecule has 2 aromatic rings. The van der Waals surface area contributed by atoms with Crippen LogP contribution in [-0.4, -0.2) is 46.7 Å². The quantitative estimate of drug-likeness (QED) is 0.645. The van der Waals surface area contributed by atoms with E-state index >= 15 is 0 Å². The number of hydrogen-bond donors (Lipinski definition) is 2. The maximum Gasteiger partial charge on any atom is 0.252 e. The monoisotopic (exact) mass is 457 g/mol. The number of nitrogens with one attached hydrogen (secondary N) is 1. The van der Waals surface area contributed by atoms with Crippen LogP contribution in [0.3, 0.4) is 0 Å². The molecule has 0 unspecified atom stereocenters. The Kier molecular flexibility index (Phi) is 6.74. The predicted molar refractivity (Wildman–Crippen MR) is 110 cm³/mol. The Bertz CT molecular complexity index is 1050. The summed E-state index contributed by atoms with van der Waals surface area (Å²) in [5.74, 6) is -0.555. The molecule has 0 aliphatic carbocycles. The molecular weight excluding hydrogens is 434 g/mol. The summed E-state index contributed by atoms with van der Waals surface area (Å²) in [6, 6.07) is 9.44. The molecular formula is C18H23N3O5S3. The highest BCUT2D eigenvalue weighted by atomic mass is 32.2. The van der Waals surface area contributed by atoms with Gasteiger partial charge < -0.3 is 5.32 Å². The van der Waals surface area contributed by atoms with Gasteiger partial charge in [0.2, 0.25) is 15.9 Å². The highest BCUT2D eigenvalue weighted by Gasteiger charge is 2.33. The number of nitrogens with two attached hydrogens (primary N) is 1. The number of piperidine rings is 1. The van der Waals surface area contributed by atoms with E-state index in [1.165, 1.54) is 27.8 Å². The molecule has 1 atom stereocenters. The molecule has 3 N–H and O–H groups in total. The lowest BCUT2D eigenvalue weighted by Crippen LogP contribution is -2.45. The largest absolute Gasteiger partial charge is 0.355 e. The van der Waals surface area contributed by atoms with Crippen LogP contribution >= 0.6 is 11.3 Å². The minimum Gasteiger partial charge on any atom is -0.355 e. The van der Waals surface area contributed by atoms with E-state index in [1.54, 1.807) is 29.6 Å². The average Bonchev–Trinajstić information content (AvgIpc) is 3.23. The summed E-state index contributed by atoms with van der Waals surface area (Å²) in [6.07, 6.45) is 1.81. The lowest BCUT2D eigenvalue weighted by molar-refractivity contribution is -0.126. The number of benzene rings is 1. The fourth-order valence-electron chi connectivity index (χ4n) is 3.23. The van der Waals surface area contributed by atoms with Crippen molar-refractivity contribution >= 4 is 37.3 Å². The van der Waals surface area contributed by atoms with E-state index in [-0.39, 0.29) is 23.3 Å². The second-order valence-electron chi connectivity index (χ2n) is 6.86. The number of nitrogens with zero attached hydrogens (tertiary/aromatic N) is 1. The van der Waals surface area contributed by atoms with Gasteiger partial charge in [-0.2, -0.15) is 4.31 Å². The third-order valence-corrected chi connectivity index (χ3v) is 8.98. The number of sulfonamides is 2. The molecule has 1 aliphatic heterocycles. The molecule has 0 spiro atoms. The van der Waals surface area contributed by atoms with Gasteiger partial charge in [0.1, 0.15) is 4.21 Å². The first-order chi connectivity index (χ1) is 13.7. The summed E-state index contributed by atoms with van der Waals surface area (Å²) in [7, 11) is -7.28. The highest BCUT2D eigenvalue weighted by Crippen LogP contribution is 2.26. The van der Waals surface area contributed by atoms with Crippen molar-refractivity contribution in [3.63, 3.8) is 0 Å². The molecule has 1 fully saturated rings. The highest BCUT2D eigenvalue weighted by molar-refractivity contribution is 7.91. The third-order valence-electron chi connectivity index (χ3n) is 4.81. The first-order valence-corrected chi connectivity index (χ1v) is 13.0. The van der Waals surface area contributed by atoms with Crippen LogP contribution in [0.25, 0.3) is 0 Å². The van der Waals surface area contributed by atoms with E-state index < -0.39 is 20.0 Å². The summed E-state index contributed by atoms with van der Waals surface area (Å²) in [5, 5.41) is 9.64. The number of carbonyl (C=O) groups excluding carboxylic acids is 1. The van der Waals surface area contributed by atoms with Gasteiger partial charge in [0, 0.05) is 19.6 Å². The second kappa shape index (κ2) is 8.92. The second-order valence-corrected chi connectivity index (χ2v) is 11.5. The van der Waals surface area contributed by atoms with Gasteiger partial charge in [-0.15, -0.1) is 11.3 Å². The fraction of sp³-hybridized carbons (Fsp3) is 0.389. The molecule has 1 aromatic carbocycles. The molecule has 1 amide bonds. The normalized spacial score (nSPS) is 18.4. The Labute approximate surface area is 174 Å². The van der Waals surface area contributed by atoms with Crippen LogP contribution in [0.5, 0.6) is 0 Å². The maximum atomic E-state index is 12.7. The average molecular weight is 458 g/mol. The molecule has 1 saturated heterocycles. The van der Waals surface area contributed by atoms with E-state index in [2.05, 4.69) is 5.32 Å². The van der Waals surface area contributed by atoms with E-state index in [0.717, 1.165) is 5.56 Å². The number of thiophene rings is 1. The van der Waals surface area contributed by atoms with Crippen LogP contribution < -0.4 is 10.5 Å². The lowest BCUT2D eigenvalue weighted by Gasteiger charge is -2.30. The first-order valence-electron chi connectivity index (χ1n) is 9.11. The first kappa shape index (κ1) is 21.9. The lowest BCUT2D eigenvalue weighted by atomic mass is 9.99. The minimum atomic E-state index is -3.72. The van der Waals surface area contributed by atoms with Crippen molar-refractivity contribution < 1.29 is 21.6 Å². The van der Waals surface area contributed by atoms with Gasteiger partial charge in [-0.1, -0.05) is 18.2 Å². The number of primary sulfonamides is 1. The van der Waals surface area contributed by atoms with Crippen molar-refractivity contribution in [1.82, 2.24) is 9.62 Å². The molecule has 1 aromatic heterocycles.